The zero-order chi connectivity index (χ0) is 17.7. The fourth-order valence-corrected chi connectivity index (χ4v) is 2.37. The molecule has 1 aromatic rings. The number of esters is 1. The maximum atomic E-state index is 11.8. The van der Waals surface area contributed by atoms with Gasteiger partial charge >= 0.3 is 5.97 Å². The fourth-order valence-electron chi connectivity index (χ4n) is 2.37. The second-order valence-electron chi connectivity index (χ2n) is 5.19. The number of carbonyl (C=O) groups is 3. The molecule has 1 aromatic carbocycles. The Kier molecular flexibility index (Phi) is 5.80. The Balaban J connectivity index is 2.08. The van der Waals surface area contributed by atoms with Crippen molar-refractivity contribution < 1.29 is 34.4 Å². The zero-order valence-electron chi connectivity index (χ0n) is 12.7. The topological polar surface area (TPSA) is 133 Å². The molecule has 0 fully saturated rings. The summed E-state index contributed by atoms with van der Waals surface area (Å²) >= 11 is 0. The lowest BCUT2D eigenvalue weighted by Crippen LogP contribution is -2.23. The highest BCUT2D eigenvalue weighted by molar-refractivity contribution is 6.17. The molecule has 0 saturated heterocycles. The molecule has 0 aliphatic carbocycles. The van der Waals surface area contributed by atoms with Crippen LogP contribution in [0, 0.1) is 0 Å². The summed E-state index contributed by atoms with van der Waals surface area (Å²) in [5.74, 6) is -1.92. The summed E-state index contributed by atoms with van der Waals surface area (Å²) in [6, 6.07) is 3.10. The molecule has 2 rings (SSSR count). The number of amides is 2. The minimum atomic E-state index is -0.717. The number of imide groups is 1. The van der Waals surface area contributed by atoms with Gasteiger partial charge in [-0.25, -0.2) is 0 Å². The molecule has 0 aromatic heterocycles. The predicted octanol–water partition coefficient (Wildman–Crippen LogP) is -0.820. The summed E-state index contributed by atoms with van der Waals surface area (Å²) in [6.07, 6.45) is 0.688. The van der Waals surface area contributed by atoms with Crippen LogP contribution in [0.2, 0.25) is 0 Å². The summed E-state index contributed by atoms with van der Waals surface area (Å²) in [5, 5.41) is 30.0. The average Bonchev–Trinajstić information content (AvgIpc) is 2.89. The number of aliphatic hydroxyl groups excluding tert-OH is 3. The van der Waals surface area contributed by atoms with E-state index in [-0.39, 0.29) is 38.4 Å². The molecule has 24 heavy (non-hydrogen) atoms. The first-order valence-corrected chi connectivity index (χ1v) is 7.16. The van der Waals surface area contributed by atoms with Gasteiger partial charge in [-0.15, -0.1) is 0 Å². The summed E-state index contributed by atoms with van der Waals surface area (Å²) in [5.41, 5.74) is 1.82. The monoisotopic (exact) mass is 335 g/mol. The third-order valence-electron chi connectivity index (χ3n) is 3.56. The van der Waals surface area contributed by atoms with Crippen molar-refractivity contribution in [3.8, 4) is 0 Å². The van der Waals surface area contributed by atoms with Crippen molar-refractivity contribution >= 4 is 17.8 Å². The van der Waals surface area contributed by atoms with Crippen molar-refractivity contribution in [3.63, 3.8) is 0 Å². The SMILES string of the molecule is O=C1C=C(CC(=O)OCc2c(CO)cc(CO)cc2CO)C(=O)N1. The van der Waals surface area contributed by atoms with E-state index in [9.17, 15) is 29.7 Å². The molecular weight excluding hydrogens is 318 g/mol. The summed E-state index contributed by atoms with van der Waals surface area (Å²) in [6.45, 7) is -1.16. The minimum absolute atomic E-state index is 0.0189. The number of hydrogen-bond acceptors (Lipinski definition) is 7. The van der Waals surface area contributed by atoms with Gasteiger partial charge in [0.1, 0.15) is 6.61 Å². The van der Waals surface area contributed by atoms with Gasteiger partial charge in [0.05, 0.1) is 26.2 Å². The Labute approximate surface area is 137 Å². The number of nitrogens with one attached hydrogen (secondary N) is 1. The molecule has 0 spiro atoms. The van der Waals surface area contributed by atoms with Crippen LogP contribution in [-0.4, -0.2) is 33.1 Å². The second kappa shape index (κ2) is 7.82. The lowest BCUT2D eigenvalue weighted by molar-refractivity contribution is -0.144. The minimum Gasteiger partial charge on any atom is -0.461 e. The normalized spacial score (nSPS) is 13.7. The van der Waals surface area contributed by atoms with E-state index >= 15 is 0 Å². The molecule has 128 valence electrons. The average molecular weight is 335 g/mol. The van der Waals surface area contributed by atoms with Gasteiger partial charge in [-0.2, -0.15) is 0 Å². The van der Waals surface area contributed by atoms with E-state index in [1.165, 1.54) is 0 Å². The Morgan fingerprint density at radius 2 is 1.67 bits per heavy atom. The van der Waals surface area contributed by atoms with Crippen LogP contribution in [-0.2, 0) is 45.5 Å². The van der Waals surface area contributed by atoms with Crippen LogP contribution in [0.4, 0.5) is 0 Å². The van der Waals surface area contributed by atoms with Gasteiger partial charge in [0.2, 0.25) is 0 Å². The highest BCUT2D eigenvalue weighted by Gasteiger charge is 2.23. The van der Waals surface area contributed by atoms with Crippen LogP contribution < -0.4 is 5.32 Å². The lowest BCUT2D eigenvalue weighted by atomic mass is 9.99. The van der Waals surface area contributed by atoms with Crippen LogP contribution in [0.15, 0.2) is 23.8 Å². The predicted molar refractivity (Wildman–Crippen MR) is 79.9 cm³/mol. The first kappa shape index (κ1) is 17.8. The van der Waals surface area contributed by atoms with Crippen LogP contribution in [0.1, 0.15) is 28.7 Å². The Hall–Kier alpha value is -2.55. The van der Waals surface area contributed by atoms with Crippen LogP contribution in [0.5, 0.6) is 0 Å². The molecule has 0 unspecified atom stereocenters. The number of aliphatic hydroxyl groups is 3. The highest BCUT2D eigenvalue weighted by Crippen LogP contribution is 2.20. The van der Waals surface area contributed by atoms with E-state index in [1.807, 2.05) is 5.32 Å². The van der Waals surface area contributed by atoms with E-state index in [0.717, 1.165) is 6.08 Å². The molecule has 1 heterocycles. The van der Waals surface area contributed by atoms with Gasteiger partial charge in [-0.1, -0.05) is 12.1 Å². The van der Waals surface area contributed by atoms with Crippen molar-refractivity contribution in [2.75, 3.05) is 0 Å². The van der Waals surface area contributed by atoms with Gasteiger partial charge in [0.15, 0.2) is 0 Å². The Morgan fingerprint density at radius 1 is 1.04 bits per heavy atom. The number of hydrogen-bond donors (Lipinski definition) is 4. The largest absolute Gasteiger partial charge is 0.461 e. The number of carbonyl (C=O) groups excluding carboxylic acids is 3. The molecule has 0 saturated carbocycles. The molecule has 2 amide bonds. The van der Waals surface area contributed by atoms with Gasteiger partial charge < -0.3 is 20.1 Å². The smallest absolute Gasteiger partial charge is 0.310 e. The third kappa shape index (κ3) is 4.05. The lowest BCUT2D eigenvalue weighted by Gasteiger charge is -2.14. The fraction of sp³-hybridized carbons (Fsp3) is 0.312. The van der Waals surface area contributed by atoms with Crippen molar-refractivity contribution in [1.29, 1.82) is 0 Å². The first-order valence-electron chi connectivity index (χ1n) is 7.16. The summed E-state index contributed by atoms with van der Waals surface area (Å²) < 4.78 is 5.08. The van der Waals surface area contributed by atoms with Crippen molar-refractivity contribution in [1.82, 2.24) is 5.32 Å². The molecule has 1 aliphatic rings. The number of benzene rings is 1. The van der Waals surface area contributed by atoms with E-state index in [0.29, 0.717) is 22.3 Å². The molecule has 1 aliphatic heterocycles. The van der Waals surface area contributed by atoms with E-state index in [2.05, 4.69) is 0 Å². The van der Waals surface area contributed by atoms with E-state index < -0.39 is 17.8 Å². The van der Waals surface area contributed by atoms with Crippen LogP contribution >= 0.6 is 0 Å². The molecule has 8 nitrogen and oxygen atoms in total. The van der Waals surface area contributed by atoms with Gasteiger partial charge in [-0.3, -0.25) is 19.7 Å². The van der Waals surface area contributed by atoms with Crippen LogP contribution in [0.25, 0.3) is 0 Å². The van der Waals surface area contributed by atoms with Gasteiger partial charge in [0, 0.05) is 17.2 Å². The molecule has 0 radical (unpaired) electrons. The van der Waals surface area contributed by atoms with Crippen molar-refractivity contribution in [3.05, 3.63) is 46.0 Å². The molecule has 4 N–H and O–H groups in total. The standard InChI is InChI=1S/C16H17NO7/c18-5-9-1-11(6-19)13(12(2-9)7-20)8-24-15(22)4-10-3-14(21)17-16(10)23/h1-3,18-20H,4-8H2,(H,17,21,23). The van der Waals surface area contributed by atoms with Crippen molar-refractivity contribution in [2.45, 2.75) is 32.8 Å². The quantitative estimate of drug-likeness (QED) is 0.378. The zero-order valence-corrected chi connectivity index (χ0v) is 12.7. The first-order chi connectivity index (χ1) is 11.5. The van der Waals surface area contributed by atoms with E-state index in [1.54, 1.807) is 12.1 Å². The summed E-state index contributed by atoms with van der Waals surface area (Å²) in [4.78, 5) is 34.2. The number of ether oxygens (including phenoxy) is 1. The molecule has 0 bridgehead atoms. The Bertz CT molecular complexity index is 683. The summed E-state index contributed by atoms with van der Waals surface area (Å²) in [7, 11) is 0. The van der Waals surface area contributed by atoms with Crippen LogP contribution in [0.3, 0.4) is 0 Å². The van der Waals surface area contributed by atoms with Crippen molar-refractivity contribution in [2.24, 2.45) is 0 Å². The molecule has 0 atom stereocenters. The van der Waals surface area contributed by atoms with Gasteiger partial charge in [-0.05, 0) is 16.7 Å². The third-order valence-corrected chi connectivity index (χ3v) is 3.56. The molecular formula is C16H17NO7. The van der Waals surface area contributed by atoms with E-state index in [4.69, 9.17) is 4.74 Å². The number of rotatable bonds is 7. The molecule has 8 heteroatoms. The Morgan fingerprint density at radius 3 is 2.12 bits per heavy atom. The highest BCUT2D eigenvalue weighted by atomic mass is 16.5. The van der Waals surface area contributed by atoms with Gasteiger partial charge in [0.25, 0.3) is 11.8 Å². The maximum absolute atomic E-state index is 11.8. The maximum Gasteiger partial charge on any atom is 0.310 e. The second-order valence-corrected chi connectivity index (χ2v) is 5.19.